The number of nitrogens with one attached hydrogen (secondary N) is 3. The number of urea groups is 1. The summed E-state index contributed by atoms with van der Waals surface area (Å²) in [7, 11) is 1.57. The van der Waals surface area contributed by atoms with Crippen molar-refractivity contribution in [3.05, 3.63) is 54.1 Å². The van der Waals surface area contributed by atoms with Gasteiger partial charge in [-0.2, -0.15) is 0 Å². The Hall–Kier alpha value is -3.60. The van der Waals surface area contributed by atoms with Crippen molar-refractivity contribution >= 4 is 34.1 Å². The SMILES string of the molecule is COc1ccc(-c2nnc(NC(=O)C(NC(=O)Nc3ccc(F)cc3F)C(C)C)s2)cc1. The quantitative estimate of drug-likeness (QED) is 0.487. The van der Waals surface area contributed by atoms with Gasteiger partial charge in [0.15, 0.2) is 0 Å². The summed E-state index contributed by atoms with van der Waals surface area (Å²) >= 11 is 1.17. The van der Waals surface area contributed by atoms with Gasteiger partial charge in [0.2, 0.25) is 11.0 Å². The summed E-state index contributed by atoms with van der Waals surface area (Å²) in [6, 6.07) is 8.24. The van der Waals surface area contributed by atoms with Crippen LogP contribution in [-0.2, 0) is 4.79 Å². The third-order valence-corrected chi connectivity index (χ3v) is 5.29. The van der Waals surface area contributed by atoms with E-state index in [1.165, 1.54) is 11.3 Å². The van der Waals surface area contributed by atoms with Gasteiger partial charge in [-0.05, 0) is 42.3 Å². The van der Waals surface area contributed by atoms with E-state index in [2.05, 4.69) is 26.1 Å². The average Bonchev–Trinajstić information content (AvgIpc) is 3.22. The molecule has 0 saturated heterocycles. The number of methoxy groups -OCH3 is 1. The van der Waals surface area contributed by atoms with Gasteiger partial charge < -0.3 is 15.4 Å². The van der Waals surface area contributed by atoms with Gasteiger partial charge in [0, 0.05) is 11.6 Å². The minimum absolute atomic E-state index is 0.208. The fraction of sp³-hybridized carbons (Fsp3) is 0.238. The summed E-state index contributed by atoms with van der Waals surface area (Å²) in [6.07, 6.45) is 0. The highest BCUT2D eigenvalue weighted by molar-refractivity contribution is 7.18. The van der Waals surface area contributed by atoms with E-state index in [9.17, 15) is 18.4 Å². The van der Waals surface area contributed by atoms with Crippen LogP contribution in [0.2, 0.25) is 0 Å². The second-order valence-electron chi connectivity index (χ2n) is 7.07. The largest absolute Gasteiger partial charge is 0.497 e. The van der Waals surface area contributed by atoms with Gasteiger partial charge >= 0.3 is 6.03 Å². The van der Waals surface area contributed by atoms with Crippen molar-refractivity contribution in [1.82, 2.24) is 15.5 Å². The first-order chi connectivity index (χ1) is 15.3. The Bertz CT molecular complexity index is 1110. The van der Waals surface area contributed by atoms with Crippen molar-refractivity contribution < 1.29 is 23.1 Å². The monoisotopic (exact) mass is 461 g/mol. The van der Waals surface area contributed by atoms with Gasteiger partial charge in [-0.15, -0.1) is 10.2 Å². The molecule has 0 saturated carbocycles. The van der Waals surface area contributed by atoms with E-state index in [0.29, 0.717) is 16.8 Å². The lowest BCUT2D eigenvalue weighted by molar-refractivity contribution is -0.118. The van der Waals surface area contributed by atoms with Gasteiger partial charge in [-0.1, -0.05) is 25.2 Å². The number of aromatic nitrogens is 2. The zero-order chi connectivity index (χ0) is 23.3. The minimum atomic E-state index is -0.938. The van der Waals surface area contributed by atoms with E-state index in [-0.39, 0.29) is 16.7 Å². The standard InChI is InChI=1S/C21H21F2N5O3S/c1-11(2)17(25-20(30)24-16-9-6-13(22)10-15(16)23)18(29)26-21-28-27-19(32-21)12-4-7-14(31-3)8-5-12/h4-11,17H,1-3H3,(H2,24,25,30)(H,26,28,29). The molecule has 1 aromatic heterocycles. The molecule has 0 spiro atoms. The van der Waals surface area contributed by atoms with Crippen molar-refractivity contribution in [3.8, 4) is 16.3 Å². The molecule has 0 fully saturated rings. The van der Waals surface area contributed by atoms with Gasteiger partial charge in [-0.3, -0.25) is 10.1 Å². The molecule has 2 aromatic carbocycles. The number of carbonyl (C=O) groups excluding carboxylic acids is 2. The highest BCUT2D eigenvalue weighted by Gasteiger charge is 2.25. The molecule has 0 aliphatic heterocycles. The Kier molecular flexibility index (Phi) is 7.31. The van der Waals surface area contributed by atoms with Gasteiger partial charge in [0.1, 0.15) is 28.4 Å². The summed E-state index contributed by atoms with van der Waals surface area (Å²) in [5.74, 6) is -1.78. The first-order valence-electron chi connectivity index (χ1n) is 9.58. The molecular formula is C21H21F2N5O3S. The highest BCUT2D eigenvalue weighted by Crippen LogP contribution is 2.28. The average molecular weight is 461 g/mol. The first-order valence-corrected chi connectivity index (χ1v) is 10.4. The topological polar surface area (TPSA) is 105 Å². The molecule has 3 aromatic rings. The van der Waals surface area contributed by atoms with E-state index < -0.39 is 29.6 Å². The molecule has 1 unspecified atom stereocenters. The van der Waals surface area contributed by atoms with Crippen LogP contribution in [0.3, 0.4) is 0 Å². The first kappa shape index (κ1) is 23.1. The van der Waals surface area contributed by atoms with Gasteiger partial charge in [0.05, 0.1) is 12.8 Å². The van der Waals surface area contributed by atoms with Gasteiger partial charge in [0.25, 0.3) is 0 Å². The lowest BCUT2D eigenvalue weighted by atomic mass is 10.0. The van der Waals surface area contributed by atoms with Crippen LogP contribution in [0.1, 0.15) is 13.8 Å². The van der Waals surface area contributed by atoms with Crippen LogP contribution in [0.5, 0.6) is 5.75 Å². The van der Waals surface area contributed by atoms with Crippen molar-refractivity contribution in [2.75, 3.05) is 17.7 Å². The number of anilines is 2. The van der Waals surface area contributed by atoms with Gasteiger partial charge in [-0.25, -0.2) is 13.6 Å². The molecular weight excluding hydrogens is 440 g/mol. The normalized spacial score (nSPS) is 11.7. The maximum atomic E-state index is 13.8. The molecule has 0 aliphatic rings. The molecule has 3 rings (SSSR count). The maximum Gasteiger partial charge on any atom is 0.319 e. The zero-order valence-electron chi connectivity index (χ0n) is 17.5. The number of hydrogen-bond acceptors (Lipinski definition) is 6. The number of amides is 3. The molecule has 168 valence electrons. The number of nitrogens with zero attached hydrogens (tertiary/aromatic N) is 2. The number of halogens is 2. The van der Waals surface area contributed by atoms with E-state index in [1.807, 2.05) is 12.1 Å². The van der Waals surface area contributed by atoms with Crippen molar-refractivity contribution in [1.29, 1.82) is 0 Å². The number of hydrogen-bond donors (Lipinski definition) is 3. The number of benzene rings is 2. The molecule has 1 atom stereocenters. The molecule has 8 nitrogen and oxygen atoms in total. The molecule has 0 radical (unpaired) electrons. The molecule has 0 bridgehead atoms. The minimum Gasteiger partial charge on any atom is -0.497 e. The van der Waals surface area contributed by atoms with Crippen LogP contribution >= 0.6 is 11.3 Å². The van der Waals surface area contributed by atoms with Crippen molar-refractivity contribution in [3.63, 3.8) is 0 Å². The lowest BCUT2D eigenvalue weighted by Gasteiger charge is -2.21. The molecule has 1 heterocycles. The highest BCUT2D eigenvalue weighted by atomic mass is 32.1. The fourth-order valence-corrected chi connectivity index (χ4v) is 3.48. The molecule has 32 heavy (non-hydrogen) atoms. The second-order valence-corrected chi connectivity index (χ2v) is 8.05. The van der Waals surface area contributed by atoms with Crippen LogP contribution in [0.25, 0.3) is 10.6 Å². The molecule has 3 N–H and O–H groups in total. The molecule has 3 amide bonds. The third-order valence-electron chi connectivity index (χ3n) is 4.41. The van der Waals surface area contributed by atoms with E-state index in [4.69, 9.17) is 4.74 Å². The Morgan fingerprint density at radius 1 is 1.03 bits per heavy atom. The summed E-state index contributed by atoms with van der Waals surface area (Å²) in [6.45, 7) is 3.48. The zero-order valence-corrected chi connectivity index (χ0v) is 18.3. The Morgan fingerprint density at radius 2 is 1.75 bits per heavy atom. The van der Waals surface area contributed by atoms with Crippen LogP contribution < -0.4 is 20.7 Å². The van der Waals surface area contributed by atoms with Crippen LogP contribution in [0.4, 0.5) is 24.4 Å². The van der Waals surface area contributed by atoms with Crippen LogP contribution in [0.15, 0.2) is 42.5 Å². The third kappa shape index (κ3) is 5.76. The summed E-state index contributed by atoms with van der Waals surface area (Å²) in [5, 5.41) is 16.3. The van der Waals surface area contributed by atoms with Crippen molar-refractivity contribution in [2.24, 2.45) is 5.92 Å². The Balaban J connectivity index is 1.64. The van der Waals surface area contributed by atoms with Crippen LogP contribution in [-0.4, -0.2) is 35.3 Å². The van der Waals surface area contributed by atoms with Crippen molar-refractivity contribution in [2.45, 2.75) is 19.9 Å². The Morgan fingerprint density at radius 3 is 2.38 bits per heavy atom. The maximum absolute atomic E-state index is 13.8. The van der Waals surface area contributed by atoms with E-state index >= 15 is 0 Å². The summed E-state index contributed by atoms with van der Waals surface area (Å²) < 4.78 is 31.9. The van der Waals surface area contributed by atoms with E-state index in [0.717, 1.165) is 17.7 Å². The van der Waals surface area contributed by atoms with Crippen LogP contribution in [0, 0.1) is 17.6 Å². The molecule has 11 heteroatoms. The Labute approximate surface area is 187 Å². The predicted octanol–water partition coefficient (Wildman–Crippen LogP) is 4.28. The molecule has 0 aliphatic carbocycles. The smallest absolute Gasteiger partial charge is 0.319 e. The van der Waals surface area contributed by atoms with E-state index in [1.54, 1.807) is 33.1 Å². The number of ether oxygens (including phenoxy) is 1. The number of rotatable bonds is 7. The summed E-state index contributed by atoms with van der Waals surface area (Å²) in [4.78, 5) is 25.0. The predicted molar refractivity (Wildman–Crippen MR) is 118 cm³/mol. The second kappa shape index (κ2) is 10.1. The number of carbonyl (C=O) groups is 2. The lowest BCUT2D eigenvalue weighted by Crippen LogP contribution is -2.48. The fourth-order valence-electron chi connectivity index (χ4n) is 2.73. The summed E-state index contributed by atoms with van der Waals surface area (Å²) in [5.41, 5.74) is 0.600.